The van der Waals surface area contributed by atoms with Crippen LogP contribution in [0.4, 0.5) is 5.69 Å². The number of nitrogens with zero attached hydrogens (tertiary/aromatic N) is 3. The summed E-state index contributed by atoms with van der Waals surface area (Å²) in [6.07, 6.45) is 3.34. The van der Waals surface area contributed by atoms with E-state index in [1.807, 2.05) is 18.2 Å². The molecule has 6 rings (SSSR count). The highest BCUT2D eigenvalue weighted by atomic mass is 35.5. The minimum absolute atomic E-state index is 0.00247. The van der Waals surface area contributed by atoms with Crippen molar-refractivity contribution < 1.29 is 4.92 Å². The summed E-state index contributed by atoms with van der Waals surface area (Å²) in [6, 6.07) is 19.3. The highest BCUT2D eigenvalue weighted by molar-refractivity contribution is 7.07. The lowest BCUT2D eigenvalue weighted by atomic mass is 9.83. The topological polar surface area (TPSA) is 77.5 Å². The van der Waals surface area contributed by atoms with E-state index in [4.69, 9.17) is 28.2 Å². The van der Waals surface area contributed by atoms with Crippen LogP contribution >= 0.6 is 34.5 Å². The van der Waals surface area contributed by atoms with Gasteiger partial charge in [0.25, 0.3) is 11.2 Å². The Morgan fingerprint density at radius 1 is 1.06 bits per heavy atom. The molecule has 1 atom stereocenters. The van der Waals surface area contributed by atoms with Crippen LogP contribution in [0, 0.1) is 10.1 Å². The number of thiazole rings is 1. The Morgan fingerprint density at radius 2 is 1.83 bits per heavy atom. The molecule has 0 spiro atoms. The predicted octanol–water partition coefficient (Wildman–Crippen LogP) is 5.53. The van der Waals surface area contributed by atoms with Gasteiger partial charge < -0.3 is 0 Å². The van der Waals surface area contributed by atoms with E-state index < -0.39 is 11.0 Å². The Balaban J connectivity index is 1.60. The van der Waals surface area contributed by atoms with Crippen LogP contribution in [-0.2, 0) is 6.42 Å². The maximum absolute atomic E-state index is 13.8. The van der Waals surface area contributed by atoms with Gasteiger partial charge in [0.15, 0.2) is 4.80 Å². The number of fused-ring (bicyclic) bond motifs is 3. The van der Waals surface area contributed by atoms with Gasteiger partial charge in [-0.1, -0.05) is 64.9 Å². The molecule has 2 aliphatic rings. The molecular weight excluding hydrogens is 517 g/mol. The number of nitro benzene ring substituents is 1. The lowest BCUT2D eigenvalue weighted by molar-refractivity contribution is -0.384. The predicted molar refractivity (Wildman–Crippen MR) is 142 cm³/mol. The smallest absolute Gasteiger partial charge is 0.271 e. The van der Waals surface area contributed by atoms with E-state index in [-0.39, 0.29) is 11.2 Å². The van der Waals surface area contributed by atoms with Crippen molar-refractivity contribution in [3.05, 3.63) is 134 Å². The van der Waals surface area contributed by atoms with Crippen LogP contribution in [0.5, 0.6) is 0 Å². The van der Waals surface area contributed by atoms with Crippen LogP contribution in [0.25, 0.3) is 11.8 Å². The highest BCUT2D eigenvalue weighted by Gasteiger charge is 2.33. The van der Waals surface area contributed by atoms with E-state index in [0.717, 1.165) is 35.2 Å². The molecule has 178 valence electrons. The van der Waals surface area contributed by atoms with Crippen molar-refractivity contribution >= 4 is 52.0 Å². The first-order chi connectivity index (χ1) is 17.4. The van der Waals surface area contributed by atoms with E-state index in [1.54, 1.807) is 34.9 Å². The number of rotatable bonds is 3. The first-order valence-corrected chi connectivity index (χ1v) is 12.8. The fourth-order valence-electron chi connectivity index (χ4n) is 4.87. The van der Waals surface area contributed by atoms with E-state index in [2.05, 4.69) is 12.1 Å². The van der Waals surface area contributed by atoms with Crippen LogP contribution in [0.15, 0.2) is 82.1 Å². The lowest BCUT2D eigenvalue weighted by Gasteiger charge is -2.31. The molecule has 4 aromatic rings. The summed E-state index contributed by atoms with van der Waals surface area (Å²) in [5.41, 5.74) is 5.54. The Kier molecular flexibility index (Phi) is 5.63. The Hall–Kier alpha value is -3.52. The van der Waals surface area contributed by atoms with Crippen molar-refractivity contribution in [2.45, 2.75) is 18.9 Å². The molecule has 0 radical (unpaired) electrons. The molecule has 9 heteroatoms. The molecule has 0 saturated heterocycles. The number of allylic oxidation sites excluding steroid dienone is 1. The molecule has 1 aliphatic heterocycles. The van der Waals surface area contributed by atoms with E-state index >= 15 is 0 Å². The van der Waals surface area contributed by atoms with Gasteiger partial charge in [0.05, 0.1) is 21.2 Å². The zero-order chi connectivity index (χ0) is 25.0. The van der Waals surface area contributed by atoms with Gasteiger partial charge in [0, 0.05) is 27.7 Å². The SMILES string of the molecule is O=c1c(=Cc2ccc([N+](=O)[O-])cc2)sc2n1C(c1ccc(Cl)cc1Cl)C1=C(N=2)c2ccccc2CC1. The molecule has 2 heterocycles. The Morgan fingerprint density at radius 3 is 2.58 bits per heavy atom. The van der Waals surface area contributed by atoms with Crippen molar-refractivity contribution in [2.75, 3.05) is 0 Å². The molecular formula is C27H17Cl2N3O3S. The van der Waals surface area contributed by atoms with E-state index in [9.17, 15) is 14.9 Å². The zero-order valence-electron chi connectivity index (χ0n) is 18.7. The average Bonchev–Trinajstić information content (AvgIpc) is 3.18. The number of halogens is 2. The average molecular weight is 534 g/mol. The van der Waals surface area contributed by atoms with Gasteiger partial charge in [-0.25, -0.2) is 4.99 Å². The van der Waals surface area contributed by atoms with Gasteiger partial charge in [-0.15, -0.1) is 0 Å². The highest BCUT2D eigenvalue weighted by Crippen LogP contribution is 2.43. The van der Waals surface area contributed by atoms with Crippen LogP contribution in [0.1, 0.15) is 34.7 Å². The van der Waals surface area contributed by atoms with Gasteiger partial charge in [-0.3, -0.25) is 19.5 Å². The van der Waals surface area contributed by atoms with Crippen LogP contribution in [0.3, 0.4) is 0 Å². The van der Waals surface area contributed by atoms with Crippen molar-refractivity contribution in [2.24, 2.45) is 4.99 Å². The summed E-state index contributed by atoms with van der Waals surface area (Å²) in [6.45, 7) is 0. The molecule has 1 aliphatic carbocycles. The third-order valence-electron chi connectivity index (χ3n) is 6.53. The molecule has 0 amide bonds. The largest absolute Gasteiger partial charge is 0.272 e. The maximum atomic E-state index is 13.8. The van der Waals surface area contributed by atoms with Crippen LogP contribution in [-0.4, -0.2) is 9.49 Å². The van der Waals surface area contributed by atoms with Gasteiger partial charge in [-0.2, -0.15) is 0 Å². The maximum Gasteiger partial charge on any atom is 0.271 e. The van der Waals surface area contributed by atoms with Crippen molar-refractivity contribution in [3.63, 3.8) is 0 Å². The number of aryl methyl sites for hydroxylation is 1. The van der Waals surface area contributed by atoms with Crippen molar-refractivity contribution in [1.29, 1.82) is 0 Å². The first-order valence-electron chi connectivity index (χ1n) is 11.2. The number of aromatic nitrogens is 1. The third kappa shape index (κ3) is 3.80. The van der Waals surface area contributed by atoms with Gasteiger partial charge in [0.2, 0.25) is 0 Å². The van der Waals surface area contributed by atoms with E-state index in [1.165, 1.54) is 29.0 Å². The number of hydrogen-bond acceptors (Lipinski definition) is 5. The third-order valence-corrected chi connectivity index (χ3v) is 8.08. The van der Waals surface area contributed by atoms with Crippen LogP contribution in [0.2, 0.25) is 10.0 Å². The standard InChI is InChI=1S/C27H17Cl2N3O3S/c28-17-8-12-20(22(29)14-17)25-21-11-7-16-3-1-2-4-19(16)24(21)30-27-31(25)26(33)23(36-27)13-15-5-9-18(10-6-15)32(34)35/h1-6,8-10,12-14,25H,7,11H2. The fraction of sp³-hybridized carbons (Fsp3) is 0.111. The summed E-state index contributed by atoms with van der Waals surface area (Å²) in [7, 11) is 0. The summed E-state index contributed by atoms with van der Waals surface area (Å²) in [5, 5.41) is 12.0. The normalized spacial score (nSPS) is 16.7. The Labute approximate surface area is 219 Å². The summed E-state index contributed by atoms with van der Waals surface area (Å²) >= 11 is 14.2. The summed E-state index contributed by atoms with van der Waals surface area (Å²) in [5.74, 6) is 0. The second-order valence-corrected chi connectivity index (χ2v) is 10.5. The number of hydrogen-bond donors (Lipinski definition) is 0. The zero-order valence-corrected chi connectivity index (χ0v) is 21.0. The van der Waals surface area contributed by atoms with E-state index in [0.29, 0.717) is 24.9 Å². The van der Waals surface area contributed by atoms with Gasteiger partial charge in [-0.05, 0) is 65.4 Å². The molecule has 0 fully saturated rings. The second-order valence-electron chi connectivity index (χ2n) is 8.63. The summed E-state index contributed by atoms with van der Waals surface area (Å²) in [4.78, 5) is 29.9. The number of benzene rings is 3. The monoisotopic (exact) mass is 533 g/mol. The van der Waals surface area contributed by atoms with Crippen LogP contribution < -0.4 is 14.9 Å². The molecule has 1 aromatic heterocycles. The molecule has 0 bridgehead atoms. The first kappa shape index (κ1) is 22.9. The van der Waals surface area contributed by atoms with Crippen molar-refractivity contribution in [3.8, 4) is 0 Å². The van der Waals surface area contributed by atoms with Gasteiger partial charge >= 0.3 is 0 Å². The molecule has 6 nitrogen and oxygen atoms in total. The minimum Gasteiger partial charge on any atom is -0.272 e. The quantitative estimate of drug-likeness (QED) is 0.256. The lowest BCUT2D eigenvalue weighted by Crippen LogP contribution is -2.38. The number of nitro groups is 1. The summed E-state index contributed by atoms with van der Waals surface area (Å²) < 4.78 is 2.20. The second kappa shape index (κ2) is 8.85. The van der Waals surface area contributed by atoms with Crippen molar-refractivity contribution in [1.82, 2.24) is 4.57 Å². The number of non-ortho nitro benzene ring substituents is 1. The fourth-order valence-corrected chi connectivity index (χ4v) is 6.38. The molecule has 36 heavy (non-hydrogen) atoms. The molecule has 0 N–H and O–H groups in total. The molecule has 0 saturated carbocycles. The molecule has 3 aromatic carbocycles. The molecule has 1 unspecified atom stereocenters. The Bertz CT molecular complexity index is 1770. The van der Waals surface area contributed by atoms with Gasteiger partial charge in [0.1, 0.15) is 0 Å². The minimum atomic E-state index is -0.449.